The maximum Gasteiger partial charge on any atom is 0.0555 e. The summed E-state index contributed by atoms with van der Waals surface area (Å²) in [5.41, 5.74) is 1.31. The lowest BCUT2D eigenvalue weighted by Gasteiger charge is -2.34. The van der Waals surface area contributed by atoms with Gasteiger partial charge in [0, 0.05) is 24.8 Å². The summed E-state index contributed by atoms with van der Waals surface area (Å²) in [6.07, 6.45) is 13.4. The Morgan fingerprint density at radius 2 is 2.00 bits per heavy atom. The van der Waals surface area contributed by atoms with Gasteiger partial charge in [-0.05, 0) is 37.9 Å². The van der Waals surface area contributed by atoms with E-state index in [2.05, 4.69) is 27.3 Å². The van der Waals surface area contributed by atoms with Crippen LogP contribution in [0.2, 0.25) is 0 Å². The van der Waals surface area contributed by atoms with Crippen LogP contribution < -0.4 is 10.2 Å². The molecule has 1 aromatic heterocycles. The molecule has 2 saturated heterocycles. The third kappa shape index (κ3) is 3.27. The molecule has 2 fully saturated rings. The maximum absolute atomic E-state index is 4.31. The van der Waals surface area contributed by atoms with Gasteiger partial charge >= 0.3 is 0 Å². The largest absolute Gasteiger partial charge is 0.366 e. The number of nitrogens with zero attached hydrogens (tertiary/aromatic N) is 2. The fourth-order valence-electron chi connectivity index (χ4n) is 3.52. The molecule has 0 aromatic carbocycles. The van der Waals surface area contributed by atoms with E-state index >= 15 is 0 Å². The van der Waals surface area contributed by atoms with Crippen molar-refractivity contribution in [3.63, 3.8) is 0 Å². The molecule has 2 aliphatic heterocycles. The summed E-state index contributed by atoms with van der Waals surface area (Å²) < 4.78 is 0. The molecule has 3 rings (SSSR count). The van der Waals surface area contributed by atoms with Crippen LogP contribution in [0.3, 0.4) is 0 Å². The number of hydrogen-bond donors (Lipinski definition) is 1. The van der Waals surface area contributed by atoms with Gasteiger partial charge in [0.15, 0.2) is 0 Å². The first-order chi connectivity index (χ1) is 9.43. The van der Waals surface area contributed by atoms with E-state index in [0.29, 0.717) is 12.1 Å². The highest BCUT2D eigenvalue weighted by molar-refractivity contribution is 5.45. The molecule has 1 aromatic rings. The number of nitrogens with one attached hydrogen (secondary N) is 1. The molecule has 3 heteroatoms. The lowest BCUT2D eigenvalue weighted by Crippen LogP contribution is -2.41. The average Bonchev–Trinajstić information content (AvgIpc) is 2.69. The highest BCUT2D eigenvalue weighted by atomic mass is 15.2. The molecule has 2 atom stereocenters. The van der Waals surface area contributed by atoms with Gasteiger partial charge in [-0.2, -0.15) is 0 Å². The number of hydrogen-bond acceptors (Lipinski definition) is 3. The van der Waals surface area contributed by atoms with Gasteiger partial charge in [-0.1, -0.05) is 25.7 Å². The zero-order valence-corrected chi connectivity index (χ0v) is 11.7. The van der Waals surface area contributed by atoms with E-state index in [1.54, 1.807) is 0 Å². The molecule has 0 saturated carbocycles. The minimum atomic E-state index is 0.656. The van der Waals surface area contributed by atoms with E-state index in [-0.39, 0.29) is 0 Å². The third-order valence-corrected chi connectivity index (χ3v) is 4.59. The van der Waals surface area contributed by atoms with Crippen LogP contribution in [-0.2, 0) is 0 Å². The predicted molar refractivity (Wildman–Crippen MR) is 79.5 cm³/mol. The van der Waals surface area contributed by atoms with Gasteiger partial charge in [-0.15, -0.1) is 0 Å². The van der Waals surface area contributed by atoms with E-state index in [0.717, 1.165) is 6.54 Å². The third-order valence-electron chi connectivity index (χ3n) is 4.59. The van der Waals surface area contributed by atoms with E-state index < -0.39 is 0 Å². The van der Waals surface area contributed by atoms with Crippen molar-refractivity contribution in [3.05, 3.63) is 24.5 Å². The fraction of sp³-hybridized carbons (Fsp3) is 0.688. The number of rotatable bonds is 1. The topological polar surface area (TPSA) is 28.2 Å². The second-order valence-corrected chi connectivity index (χ2v) is 5.95. The van der Waals surface area contributed by atoms with Crippen molar-refractivity contribution in [2.75, 3.05) is 18.0 Å². The van der Waals surface area contributed by atoms with Crippen molar-refractivity contribution in [1.29, 1.82) is 0 Å². The lowest BCUT2D eigenvalue weighted by atomic mass is 9.99. The van der Waals surface area contributed by atoms with Crippen molar-refractivity contribution in [3.8, 4) is 0 Å². The minimum absolute atomic E-state index is 0.656. The molecule has 0 aliphatic carbocycles. The summed E-state index contributed by atoms with van der Waals surface area (Å²) in [4.78, 5) is 6.92. The monoisotopic (exact) mass is 259 g/mol. The number of pyridine rings is 1. The first-order valence-electron chi connectivity index (χ1n) is 7.83. The fourth-order valence-corrected chi connectivity index (χ4v) is 3.52. The van der Waals surface area contributed by atoms with Gasteiger partial charge in [0.2, 0.25) is 0 Å². The van der Waals surface area contributed by atoms with Crippen molar-refractivity contribution in [2.45, 2.75) is 57.0 Å². The van der Waals surface area contributed by atoms with Gasteiger partial charge in [0.25, 0.3) is 0 Å². The molecule has 0 radical (unpaired) electrons. The molecule has 0 spiro atoms. The van der Waals surface area contributed by atoms with Crippen molar-refractivity contribution >= 4 is 5.69 Å². The summed E-state index contributed by atoms with van der Waals surface area (Å²) in [5.74, 6) is 0. The molecular formula is C16H25N3. The van der Waals surface area contributed by atoms with E-state index in [4.69, 9.17) is 0 Å². The molecule has 3 nitrogen and oxygen atoms in total. The summed E-state index contributed by atoms with van der Waals surface area (Å²) in [5, 5.41) is 3.75. The van der Waals surface area contributed by atoms with Crippen LogP contribution in [0, 0.1) is 0 Å². The normalized spacial score (nSPS) is 28.9. The van der Waals surface area contributed by atoms with Gasteiger partial charge in [0.1, 0.15) is 0 Å². The second kappa shape index (κ2) is 6.38. The molecule has 0 amide bonds. The molecule has 1 N–H and O–H groups in total. The van der Waals surface area contributed by atoms with Gasteiger partial charge in [-0.25, -0.2) is 0 Å². The van der Waals surface area contributed by atoms with Gasteiger partial charge in [0.05, 0.1) is 11.9 Å². The standard InChI is InChI=1S/C16H25N3/c1-2-4-7-15-9-11-18-14(6-3-1)13-19(15)16-8-5-10-17-12-16/h5,8,10,12,14-15,18H,1-4,6-7,9,11,13H2/t14-,15-/m1/s1. The number of anilines is 1. The SMILES string of the molecule is c1cncc(N2C[C@H]3CCCCCC[C@@H]2CCN3)c1. The Balaban J connectivity index is 1.83. The summed E-state index contributed by atoms with van der Waals surface area (Å²) in [6, 6.07) is 5.63. The quantitative estimate of drug-likeness (QED) is 0.840. The Bertz CT molecular complexity index is 379. The average molecular weight is 259 g/mol. The highest BCUT2D eigenvalue weighted by Crippen LogP contribution is 2.25. The Hall–Kier alpha value is -1.09. The lowest BCUT2D eigenvalue weighted by molar-refractivity contribution is 0.453. The number of fused-ring (bicyclic) bond motifs is 3. The van der Waals surface area contributed by atoms with Crippen molar-refractivity contribution in [1.82, 2.24) is 10.3 Å². The van der Waals surface area contributed by atoms with Crippen molar-refractivity contribution in [2.24, 2.45) is 0 Å². The Morgan fingerprint density at radius 1 is 1.11 bits per heavy atom. The van der Waals surface area contributed by atoms with Crippen LogP contribution >= 0.6 is 0 Å². The number of aromatic nitrogens is 1. The van der Waals surface area contributed by atoms with Crippen LogP contribution in [0.1, 0.15) is 44.9 Å². The summed E-state index contributed by atoms with van der Waals surface area (Å²) >= 11 is 0. The van der Waals surface area contributed by atoms with Crippen molar-refractivity contribution < 1.29 is 0 Å². The van der Waals surface area contributed by atoms with Gasteiger partial charge < -0.3 is 10.2 Å². The molecule has 0 unspecified atom stereocenters. The van der Waals surface area contributed by atoms with E-state index in [9.17, 15) is 0 Å². The first-order valence-corrected chi connectivity index (χ1v) is 7.83. The zero-order valence-electron chi connectivity index (χ0n) is 11.7. The zero-order chi connectivity index (χ0) is 12.9. The van der Waals surface area contributed by atoms with Crippen LogP contribution in [0.4, 0.5) is 5.69 Å². The summed E-state index contributed by atoms with van der Waals surface area (Å²) in [7, 11) is 0. The highest BCUT2D eigenvalue weighted by Gasteiger charge is 2.26. The van der Waals surface area contributed by atoms with E-state index in [1.807, 2.05) is 12.4 Å². The van der Waals surface area contributed by atoms with Crippen LogP contribution in [-0.4, -0.2) is 30.2 Å². The van der Waals surface area contributed by atoms with E-state index in [1.165, 1.54) is 57.2 Å². The first kappa shape index (κ1) is 12.9. The van der Waals surface area contributed by atoms with Crippen LogP contribution in [0.15, 0.2) is 24.5 Å². The smallest absolute Gasteiger partial charge is 0.0555 e. The molecular weight excluding hydrogens is 234 g/mol. The molecule has 104 valence electrons. The Kier molecular flexibility index (Phi) is 4.34. The predicted octanol–water partition coefficient (Wildman–Crippen LogP) is 2.97. The Labute approximate surface area is 116 Å². The second-order valence-electron chi connectivity index (χ2n) is 5.95. The minimum Gasteiger partial charge on any atom is -0.366 e. The van der Waals surface area contributed by atoms with Gasteiger partial charge in [-0.3, -0.25) is 4.98 Å². The summed E-state index contributed by atoms with van der Waals surface area (Å²) in [6.45, 7) is 2.32. The molecule has 2 aliphatic rings. The van der Waals surface area contributed by atoms with Crippen LogP contribution in [0.5, 0.6) is 0 Å². The molecule has 2 bridgehead atoms. The molecule has 3 heterocycles. The van der Waals surface area contributed by atoms with Crippen LogP contribution in [0.25, 0.3) is 0 Å². The Morgan fingerprint density at radius 3 is 2.84 bits per heavy atom. The molecule has 19 heavy (non-hydrogen) atoms. The maximum atomic E-state index is 4.31.